The van der Waals surface area contributed by atoms with Crippen LogP contribution in [0.4, 0.5) is 0 Å². The van der Waals surface area contributed by atoms with E-state index in [1.54, 1.807) is 0 Å². The molecule has 0 amide bonds. The summed E-state index contributed by atoms with van der Waals surface area (Å²) in [5.41, 5.74) is 0. The van der Waals surface area contributed by atoms with E-state index in [0.717, 1.165) is 18.6 Å². The van der Waals surface area contributed by atoms with Gasteiger partial charge in [0.2, 0.25) is 0 Å². The first-order valence-electron chi connectivity index (χ1n) is 7.25. The van der Waals surface area contributed by atoms with Crippen LogP contribution in [0, 0.1) is 5.92 Å². The zero-order valence-electron chi connectivity index (χ0n) is 11.5. The van der Waals surface area contributed by atoms with E-state index < -0.39 is 0 Å². The summed E-state index contributed by atoms with van der Waals surface area (Å²) in [6.07, 6.45) is 8.29. The van der Waals surface area contributed by atoms with Gasteiger partial charge in [-0.05, 0) is 38.8 Å². The van der Waals surface area contributed by atoms with Crippen molar-refractivity contribution in [3.05, 3.63) is 0 Å². The number of likely N-dealkylation sites (tertiary alicyclic amines) is 1. The molecule has 1 aliphatic carbocycles. The average Bonchev–Trinajstić information content (AvgIpc) is 2.66. The molecule has 1 aliphatic heterocycles. The van der Waals surface area contributed by atoms with E-state index in [1.165, 1.54) is 51.6 Å². The molecular formula is C14H28N2O. The van der Waals surface area contributed by atoms with Crippen molar-refractivity contribution >= 4 is 0 Å². The molecule has 2 fully saturated rings. The number of methoxy groups -OCH3 is 1. The fourth-order valence-corrected chi connectivity index (χ4v) is 3.60. The zero-order valence-corrected chi connectivity index (χ0v) is 11.5. The molecule has 17 heavy (non-hydrogen) atoms. The highest BCUT2D eigenvalue weighted by Gasteiger charge is 2.32. The van der Waals surface area contributed by atoms with Crippen LogP contribution in [0.15, 0.2) is 0 Å². The normalized spacial score (nSPS) is 36.0. The van der Waals surface area contributed by atoms with E-state index in [1.807, 2.05) is 7.11 Å². The minimum Gasteiger partial charge on any atom is -0.384 e. The first kappa shape index (κ1) is 13.3. The largest absolute Gasteiger partial charge is 0.384 e. The van der Waals surface area contributed by atoms with Gasteiger partial charge >= 0.3 is 0 Å². The van der Waals surface area contributed by atoms with Crippen molar-refractivity contribution < 1.29 is 4.74 Å². The minimum absolute atomic E-state index is 0.707. The average molecular weight is 240 g/mol. The van der Waals surface area contributed by atoms with E-state index >= 15 is 0 Å². The molecule has 1 heterocycles. The molecule has 0 spiro atoms. The summed E-state index contributed by atoms with van der Waals surface area (Å²) in [6.45, 7) is 3.46. The molecule has 2 rings (SSSR count). The number of hydrogen-bond acceptors (Lipinski definition) is 3. The molecule has 1 saturated carbocycles. The highest BCUT2D eigenvalue weighted by Crippen LogP contribution is 2.27. The summed E-state index contributed by atoms with van der Waals surface area (Å²) in [7, 11) is 3.95. The fourth-order valence-electron chi connectivity index (χ4n) is 3.60. The van der Waals surface area contributed by atoms with E-state index in [0.29, 0.717) is 6.04 Å². The van der Waals surface area contributed by atoms with Gasteiger partial charge in [0.05, 0.1) is 6.61 Å². The van der Waals surface area contributed by atoms with Crippen molar-refractivity contribution in [3.63, 3.8) is 0 Å². The standard InChI is InChI=1S/C14H28N2O/c1-15-13-6-4-3-5-7-14(13)16-9-8-12(10-16)11-17-2/h12-15H,3-11H2,1-2H3. The quantitative estimate of drug-likeness (QED) is 0.759. The monoisotopic (exact) mass is 240 g/mol. The Bertz CT molecular complexity index is 222. The van der Waals surface area contributed by atoms with Gasteiger partial charge in [-0.25, -0.2) is 0 Å². The van der Waals surface area contributed by atoms with E-state index in [2.05, 4.69) is 17.3 Å². The van der Waals surface area contributed by atoms with Crippen LogP contribution in [0.3, 0.4) is 0 Å². The second kappa shape index (κ2) is 6.72. The molecule has 3 unspecified atom stereocenters. The van der Waals surface area contributed by atoms with Crippen molar-refractivity contribution in [2.24, 2.45) is 5.92 Å². The molecule has 2 aliphatic rings. The smallest absolute Gasteiger partial charge is 0.0503 e. The van der Waals surface area contributed by atoms with Crippen molar-refractivity contribution in [2.45, 2.75) is 50.6 Å². The molecule has 1 saturated heterocycles. The van der Waals surface area contributed by atoms with Crippen LogP contribution in [0.1, 0.15) is 38.5 Å². The maximum atomic E-state index is 5.30. The fraction of sp³-hybridized carbons (Fsp3) is 1.00. The zero-order chi connectivity index (χ0) is 12.1. The molecule has 100 valence electrons. The number of rotatable bonds is 4. The Kier molecular flexibility index (Phi) is 5.26. The van der Waals surface area contributed by atoms with E-state index in [-0.39, 0.29) is 0 Å². The summed E-state index contributed by atoms with van der Waals surface area (Å²) in [4.78, 5) is 2.72. The second-order valence-corrected chi connectivity index (χ2v) is 5.71. The summed E-state index contributed by atoms with van der Waals surface area (Å²) >= 11 is 0. The lowest BCUT2D eigenvalue weighted by atomic mass is 10.0. The van der Waals surface area contributed by atoms with Crippen LogP contribution in [0.5, 0.6) is 0 Å². The summed E-state index contributed by atoms with van der Waals surface area (Å²) in [5.74, 6) is 0.765. The van der Waals surface area contributed by atoms with Gasteiger partial charge in [0.15, 0.2) is 0 Å². The molecule has 0 aromatic rings. The molecule has 0 radical (unpaired) electrons. The van der Waals surface area contributed by atoms with Crippen LogP contribution in [-0.4, -0.2) is 50.8 Å². The Morgan fingerprint density at radius 2 is 2.00 bits per heavy atom. The van der Waals surface area contributed by atoms with Crippen LogP contribution < -0.4 is 5.32 Å². The van der Waals surface area contributed by atoms with Crippen LogP contribution in [0.25, 0.3) is 0 Å². The minimum atomic E-state index is 0.707. The summed E-state index contributed by atoms with van der Waals surface area (Å²) in [6, 6.07) is 1.48. The van der Waals surface area contributed by atoms with Gasteiger partial charge in [-0.1, -0.05) is 19.3 Å². The number of nitrogens with zero attached hydrogens (tertiary/aromatic N) is 1. The molecule has 3 atom stereocenters. The Labute approximate surface area is 106 Å². The highest BCUT2D eigenvalue weighted by molar-refractivity contribution is 4.90. The number of hydrogen-bond donors (Lipinski definition) is 1. The SMILES string of the molecule is CNC1CCCCCC1N1CCC(COC)C1. The van der Waals surface area contributed by atoms with E-state index in [4.69, 9.17) is 4.74 Å². The van der Waals surface area contributed by atoms with Crippen LogP contribution in [-0.2, 0) is 4.74 Å². The second-order valence-electron chi connectivity index (χ2n) is 5.71. The third-order valence-electron chi connectivity index (χ3n) is 4.54. The first-order chi connectivity index (χ1) is 8.35. The Hall–Kier alpha value is -0.120. The van der Waals surface area contributed by atoms with Crippen LogP contribution in [0.2, 0.25) is 0 Å². The van der Waals surface area contributed by atoms with Crippen molar-refractivity contribution in [1.82, 2.24) is 10.2 Å². The number of ether oxygens (including phenoxy) is 1. The van der Waals surface area contributed by atoms with Gasteiger partial charge in [-0.2, -0.15) is 0 Å². The van der Waals surface area contributed by atoms with E-state index in [9.17, 15) is 0 Å². The van der Waals surface area contributed by atoms with Crippen molar-refractivity contribution in [2.75, 3.05) is 33.9 Å². The molecular weight excluding hydrogens is 212 g/mol. The predicted molar refractivity (Wildman–Crippen MR) is 71.3 cm³/mol. The number of nitrogens with one attached hydrogen (secondary N) is 1. The molecule has 0 aromatic heterocycles. The topological polar surface area (TPSA) is 24.5 Å². The molecule has 1 N–H and O–H groups in total. The van der Waals surface area contributed by atoms with Crippen molar-refractivity contribution in [1.29, 1.82) is 0 Å². The predicted octanol–water partition coefficient (Wildman–Crippen LogP) is 1.88. The van der Waals surface area contributed by atoms with Gasteiger partial charge in [0, 0.05) is 25.7 Å². The maximum Gasteiger partial charge on any atom is 0.0503 e. The molecule has 0 aromatic carbocycles. The Balaban J connectivity index is 1.90. The summed E-state index contributed by atoms with van der Waals surface area (Å²) in [5, 5.41) is 3.54. The van der Waals surface area contributed by atoms with Gasteiger partial charge in [-0.3, -0.25) is 4.90 Å². The van der Waals surface area contributed by atoms with Crippen molar-refractivity contribution in [3.8, 4) is 0 Å². The third-order valence-corrected chi connectivity index (χ3v) is 4.54. The lowest BCUT2D eigenvalue weighted by Gasteiger charge is -2.33. The lowest BCUT2D eigenvalue weighted by molar-refractivity contribution is 0.137. The first-order valence-corrected chi connectivity index (χ1v) is 7.25. The third kappa shape index (κ3) is 3.43. The molecule has 3 heteroatoms. The molecule has 0 bridgehead atoms. The maximum absolute atomic E-state index is 5.30. The Morgan fingerprint density at radius 1 is 1.18 bits per heavy atom. The number of likely N-dealkylation sites (N-methyl/N-ethyl adjacent to an activating group) is 1. The lowest BCUT2D eigenvalue weighted by Crippen LogP contribution is -2.47. The van der Waals surface area contributed by atoms with Crippen LogP contribution >= 0.6 is 0 Å². The van der Waals surface area contributed by atoms with Gasteiger partial charge in [0.25, 0.3) is 0 Å². The highest BCUT2D eigenvalue weighted by atomic mass is 16.5. The Morgan fingerprint density at radius 3 is 2.76 bits per heavy atom. The van der Waals surface area contributed by atoms with Gasteiger partial charge in [-0.15, -0.1) is 0 Å². The van der Waals surface area contributed by atoms with Gasteiger partial charge < -0.3 is 10.1 Å². The summed E-state index contributed by atoms with van der Waals surface area (Å²) < 4.78 is 5.30. The molecule has 3 nitrogen and oxygen atoms in total. The van der Waals surface area contributed by atoms with Gasteiger partial charge in [0.1, 0.15) is 0 Å².